The van der Waals surface area contributed by atoms with E-state index in [1.54, 1.807) is 13.3 Å². The van der Waals surface area contributed by atoms with E-state index in [9.17, 15) is 4.79 Å². The van der Waals surface area contributed by atoms with Gasteiger partial charge in [-0.25, -0.2) is 4.98 Å². The van der Waals surface area contributed by atoms with Gasteiger partial charge in [0.25, 0.3) is 0 Å². The molecule has 6 heteroatoms. The molecule has 1 atom stereocenters. The van der Waals surface area contributed by atoms with Crippen molar-refractivity contribution in [3.05, 3.63) is 48.0 Å². The van der Waals surface area contributed by atoms with Crippen LogP contribution in [0.4, 0.5) is 0 Å². The second kappa shape index (κ2) is 6.88. The van der Waals surface area contributed by atoms with Crippen LogP contribution >= 0.6 is 0 Å². The van der Waals surface area contributed by atoms with Gasteiger partial charge < -0.3 is 18.9 Å². The van der Waals surface area contributed by atoms with Gasteiger partial charge in [0.1, 0.15) is 11.6 Å². The molecule has 3 heterocycles. The van der Waals surface area contributed by atoms with Crippen molar-refractivity contribution < 1.29 is 14.3 Å². The fraction of sp³-hybridized carbons (Fsp3) is 0.474. The van der Waals surface area contributed by atoms with Crippen LogP contribution in [0.2, 0.25) is 0 Å². The molecule has 1 saturated heterocycles. The maximum Gasteiger partial charge on any atom is 0.226 e. The van der Waals surface area contributed by atoms with Crippen LogP contribution in [0.15, 0.2) is 36.7 Å². The van der Waals surface area contributed by atoms with Crippen LogP contribution in [0.3, 0.4) is 0 Å². The Labute approximate surface area is 147 Å². The lowest BCUT2D eigenvalue weighted by Crippen LogP contribution is -2.45. The summed E-state index contributed by atoms with van der Waals surface area (Å²) in [4.78, 5) is 19.6. The molecule has 1 fully saturated rings. The van der Waals surface area contributed by atoms with Crippen molar-refractivity contribution >= 4 is 5.91 Å². The summed E-state index contributed by atoms with van der Waals surface area (Å²) in [5, 5.41) is 0. The third kappa shape index (κ3) is 3.14. The minimum Gasteiger partial charge on any atom is -0.497 e. The second-order valence-corrected chi connectivity index (χ2v) is 6.64. The van der Waals surface area contributed by atoms with E-state index in [1.165, 1.54) is 0 Å². The minimum atomic E-state index is -0.00727. The standard InChI is InChI=1S/C19H23N3O3/c1-24-16-4-2-3-15(11-16)17-12-21-8-7-20-18(21)13-22(17)19(23)14-5-9-25-10-6-14/h2-4,7-8,11,14,17H,5-6,9-10,12-13H2,1H3/t17-/m0/s1. The van der Waals surface area contributed by atoms with Gasteiger partial charge >= 0.3 is 0 Å². The average molecular weight is 341 g/mol. The molecule has 2 aliphatic heterocycles. The smallest absolute Gasteiger partial charge is 0.226 e. The topological polar surface area (TPSA) is 56.6 Å². The van der Waals surface area contributed by atoms with Gasteiger partial charge in [-0.15, -0.1) is 0 Å². The highest BCUT2D eigenvalue weighted by atomic mass is 16.5. The first-order chi connectivity index (χ1) is 12.3. The molecule has 0 aliphatic carbocycles. The molecule has 2 aromatic rings. The average Bonchev–Trinajstić information content (AvgIpc) is 3.14. The van der Waals surface area contributed by atoms with Crippen molar-refractivity contribution in [2.24, 2.45) is 5.92 Å². The lowest BCUT2D eigenvalue weighted by molar-refractivity contribution is -0.143. The molecule has 0 N–H and O–H groups in total. The van der Waals surface area contributed by atoms with E-state index in [0.29, 0.717) is 19.8 Å². The highest BCUT2D eigenvalue weighted by Crippen LogP contribution is 2.33. The quantitative estimate of drug-likeness (QED) is 0.860. The van der Waals surface area contributed by atoms with Gasteiger partial charge in [-0.2, -0.15) is 0 Å². The molecule has 0 saturated carbocycles. The molecule has 0 unspecified atom stereocenters. The van der Waals surface area contributed by atoms with Gasteiger partial charge in [0, 0.05) is 38.1 Å². The Balaban J connectivity index is 1.66. The van der Waals surface area contributed by atoms with E-state index < -0.39 is 0 Å². The molecule has 1 amide bonds. The SMILES string of the molecule is COc1cccc([C@@H]2Cn3ccnc3CN2C(=O)C2CCOCC2)c1. The monoisotopic (exact) mass is 341 g/mol. The lowest BCUT2D eigenvalue weighted by atomic mass is 9.95. The predicted molar refractivity (Wildman–Crippen MR) is 92.1 cm³/mol. The number of hydrogen-bond donors (Lipinski definition) is 0. The molecule has 1 aromatic heterocycles. The van der Waals surface area contributed by atoms with Crippen molar-refractivity contribution in [1.82, 2.24) is 14.5 Å². The molecular formula is C19H23N3O3. The summed E-state index contributed by atoms with van der Waals surface area (Å²) < 4.78 is 12.9. The Morgan fingerprint density at radius 3 is 2.96 bits per heavy atom. The number of methoxy groups -OCH3 is 1. The van der Waals surface area contributed by atoms with E-state index in [-0.39, 0.29) is 17.9 Å². The molecule has 25 heavy (non-hydrogen) atoms. The van der Waals surface area contributed by atoms with Crippen molar-refractivity contribution in [2.75, 3.05) is 20.3 Å². The van der Waals surface area contributed by atoms with E-state index in [0.717, 1.165) is 36.5 Å². The number of nitrogens with zero attached hydrogens (tertiary/aromatic N) is 3. The normalized spacial score (nSPS) is 21.0. The summed E-state index contributed by atoms with van der Waals surface area (Å²) in [6.07, 6.45) is 5.39. The first-order valence-corrected chi connectivity index (χ1v) is 8.78. The maximum absolute atomic E-state index is 13.2. The molecule has 1 aromatic carbocycles. The summed E-state index contributed by atoms with van der Waals surface area (Å²) in [6.45, 7) is 2.61. The van der Waals surface area contributed by atoms with Crippen molar-refractivity contribution in [2.45, 2.75) is 32.0 Å². The molecule has 132 valence electrons. The van der Waals surface area contributed by atoms with Gasteiger partial charge in [0.05, 0.1) is 19.7 Å². The van der Waals surface area contributed by atoms with Crippen molar-refractivity contribution in [3.8, 4) is 5.75 Å². The first-order valence-electron chi connectivity index (χ1n) is 8.78. The molecule has 6 nitrogen and oxygen atoms in total. The Bertz CT molecular complexity index is 752. The van der Waals surface area contributed by atoms with E-state index in [1.807, 2.05) is 29.3 Å². The fourth-order valence-corrected chi connectivity index (χ4v) is 3.75. The summed E-state index contributed by atoms with van der Waals surface area (Å²) in [7, 11) is 1.67. The third-order valence-electron chi connectivity index (χ3n) is 5.19. The zero-order valence-electron chi connectivity index (χ0n) is 14.4. The zero-order chi connectivity index (χ0) is 17.2. The molecule has 2 aliphatic rings. The first kappa shape index (κ1) is 16.1. The number of aromatic nitrogens is 2. The summed E-state index contributed by atoms with van der Waals surface area (Å²) in [5.41, 5.74) is 1.10. The summed E-state index contributed by atoms with van der Waals surface area (Å²) in [5.74, 6) is 2.01. The summed E-state index contributed by atoms with van der Waals surface area (Å²) in [6, 6.07) is 8.00. The van der Waals surface area contributed by atoms with E-state index in [4.69, 9.17) is 9.47 Å². The molecule has 0 bridgehead atoms. The van der Waals surface area contributed by atoms with Crippen LogP contribution in [-0.4, -0.2) is 40.7 Å². The van der Waals surface area contributed by atoms with Crippen LogP contribution in [0.25, 0.3) is 0 Å². The van der Waals surface area contributed by atoms with Gasteiger partial charge in [-0.1, -0.05) is 12.1 Å². The zero-order valence-corrected chi connectivity index (χ0v) is 14.4. The number of imidazole rings is 1. The number of ether oxygens (including phenoxy) is 2. The Kier molecular flexibility index (Phi) is 4.44. The molecule has 0 radical (unpaired) electrons. The van der Waals surface area contributed by atoms with Crippen LogP contribution < -0.4 is 4.74 Å². The molecule has 4 rings (SSSR count). The number of carbonyl (C=O) groups is 1. The van der Waals surface area contributed by atoms with Gasteiger partial charge in [0.15, 0.2) is 0 Å². The lowest BCUT2D eigenvalue weighted by Gasteiger charge is -2.39. The highest BCUT2D eigenvalue weighted by molar-refractivity contribution is 5.79. The van der Waals surface area contributed by atoms with Crippen molar-refractivity contribution in [1.29, 1.82) is 0 Å². The number of fused-ring (bicyclic) bond motifs is 1. The number of amides is 1. The van der Waals surface area contributed by atoms with Crippen LogP contribution in [0, 0.1) is 5.92 Å². The third-order valence-corrected chi connectivity index (χ3v) is 5.19. The van der Waals surface area contributed by atoms with E-state index >= 15 is 0 Å². The fourth-order valence-electron chi connectivity index (χ4n) is 3.75. The predicted octanol–water partition coefficient (Wildman–Crippen LogP) is 2.40. The number of carbonyl (C=O) groups excluding carboxylic acids is 1. The van der Waals surface area contributed by atoms with E-state index in [2.05, 4.69) is 15.6 Å². The molecule has 0 spiro atoms. The maximum atomic E-state index is 13.2. The van der Waals surface area contributed by atoms with Crippen LogP contribution in [-0.2, 0) is 22.6 Å². The van der Waals surface area contributed by atoms with Gasteiger partial charge in [0.2, 0.25) is 5.91 Å². The number of hydrogen-bond acceptors (Lipinski definition) is 4. The van der Waals surface area contributed by atoms with Gasteiger partial charge in [-0.3, -0.25) is 4.79 Å². The highest BCUT2D eigenvalue weighted by Gasteiger charge is 2.35. The van der Waals surface area contributed by atoms with Crippen LogP contribution in [0.1, 0.15) is 30.3 Å². The Morgan fingerprint density at radius 2 is 2.16 bits per heavy atom. The second-order valence-electron chi connectivity index (χ2n) is 6.64. The van der Waals surface area contributed by atoms with Crippen LogP contribution in [0.5, 0.6) is 5.75 Å². The number of rotatable bonds is 3. The van der Waals surface area contributed by atoms with Gasteiger partial charge in [-0.05, 0) is 30.5 Å². The Hall–Kier alpha value is -2.34. The minimum absolute atomic E-state index is 0.00727. The molecular weight excluding hydrogens is 318 g/mol. The van der Waals surface area contributed by atoms with Crippen molar-refractivity contribution in [3.63, 3.8) is 0 Å². The Morgan fingerprint density at radius 1 is 1.32 bits per heavy atom. The largest absolute Gasteiger partial charge is 0.497 e. The number of benzene rings is 1. The summed E-state index contributed by atoms with van der Waals surface area (Å²) >= 11 is 0.